The first-order chi connectivity index (χ1) is 15.1. The van der Waals surface area contributed by atoms with Gasteiger partial charge in [-0.2, -0.15) is 9.59 Å². The van der Waals surface area contributed by atoms with E-state index in [4.69, 9.17) is 9.59 Å². The van der Waals surface area contributed by atoms with Gasteiger partial charge in [0.1, 0.15) is 0 Å². The van der Waals surface area contributed by atoms with Crippen molar-refractivity contribution < 1.29 is 19.2 Å². The molecule has 0 aliphatic carbocycles. The zero-order chi connectivity index (χ0) is 30.2. The Labute approximate surface area is 219 Å². The van der Waals surface area contributed by atoms with E-state index in [0.717, 1.165) is 17.3 Å². The highest BCUT2D eigenvalue weighted by molar-refractivity contribution is 5.81. The third kappa shape index (κ3) is 147. The van der Waals surface area contributed by atoms with Crippen LogP contribution < -0.4 is 0 Å². The monoisotopic (exact) mass is 500 g/mol. The SMILES string of the molecule is C=C(C)C.CC(C)(C)C.CC(C)=NC(C)(C)C.CC(C)=NOC(=O)C(C)(C)C.CC(C)C.O=C=O. The normalized spacial score (nSPS) is 9.60. The van der Waals surface area contributed by atoms with Gasteiger partial charge in [-0.05, 0) is 94.4 Å². The second kappa shape index (κ2) is 25.0. The molecule has 0 fully saturated rings. The fraction of sp³-hybridized carbons (Fsp3) is 0.793. The van der Waals surface area contributed by atoms with Crippen molar-refractivity contribution in [2.24, 2.45) is 26.9 Å². The van der Waals surface area contributed by atoms with Gasteiger partial charge in [-0.3, -0.25) is 4.99 Å². The summed E-state index contributed by atoms with van der Waals surface area (Å²) in [6.45, 7) is 42.0. The summed E-state index contributed by atoms with van der Waals surface area (Å²) in [5.41, 5.74) is 3.19. The van der Waals surface area contributed by atoms with Crippen molar-refractivity contribution in [2.45, 2.75) is 137 Å². The standard InChI is InChI=1S/C8H15NO2.C7H15N.C5H12.C4H10.C4H8.CO2/c1-6(2)9-11-7(10)8(3,4)5;1-6(2)8-7(3,4)5;1-5(2,3)4;2*1-4(2)3;2-1-3/h1-5H3;1-5H3;1-4H3;4H,1-3H3;1H2,2-3H3;. The highest BCUT2D eigenvalue weighted by Crippen LogP contribution is 2.15. The van der Waals surface area contributed by atoms with E-state index in [1.54, 1.807) is 34.6 Å². The van der Waals surface area contributed by atoms with Crippen molar-refractivity contribution in [1.29, 1.82) is 0 Å². The average Bonchev–Trinajstić information content (AvgIpc) is 2.47. The van der Waals surface area contributed by atoms with Gasteiger partial charge in [0.05, 0.1) is 16.7 Å². The van der Waals surface area contributed by atoms with Crippen molar-refractivity contribution in [3.05, 3.63) is 12.2 Å². The molecule has 0 rings (SSSR count). The van der Waals surface area contributed by atoms with Crippen molar-refractivity contribution in [3.8, 4) is 0 Å². The Morgan fingerprint density at radius 1 is 0.743 bits per heavy atom. The van der Waals surface area contributed by atoms with Crippen molar-refractivity contribution in [1.82, 2.24) is 0 Å². The van der Waals surface area contributed by atoms with E-state index in [1.165, 1.54) is 5.57 Å². The first kappa shape index (κ1) is 46.3. The molecule has 0 aromatic rings. The van der Waals surface area contributed by atoms with Gasteiger partial charge in [0.2, 0.25) is 0 Å². The lowest BCUT2D eigenvalue weighted by molar-refractivity contribution is -0.191. The largest absolute Gasteiger partial charge is 0.373 e. The van der Waals surface area contributed by atoms with Crippen molar-refractivity contribution in [2.75, 3.05) is 0 Å². The molecule has 0 amide bonds. The summed E-state index contributed by atoms with van der Waals surface area (Å²) in [6.07, 6.45) is 0.250. The molecule has 0 unspecified atom stereocenters. The molecule has 0 N–H and O–H groups in total. The van der Waals surface area contributed by atoms with Gasteiger partial charge in [0.25, 0.3) is 0 Å². The van der Waals surface area contributed by atoms with Gasteiger partial charge in [-0.1, -0.05) is 59.2 Å². The average molecular weight is 501 g/mol. The molecule has 0 aliphatic heterocycles. The van der Waals surface area contributed by atoms with E-state index < -0.39 is 5.41 Å². The van der Waals surface area contributed by atoms with Crippen LogP contribution in [0.1, 0.15) is 132 Å². The van der Waals surface area contributed by atoms with Crippen LogP contribution in [0.15, 0.2) is 22.3 Å². The highest BCUT2D eigenvalue weighted by atomic mass is 16.7. The van der Waals surface area contributed by atoms with Crippen LogP contribution in [-0.4, -0.2) is 29.1 Å². The first-order valence-corrected chi connectivity index (χ1v) is 12.0. The van der Waals surface area contributed by atoms with E-state index in [1.807, 2.05) is 27.7 Å². The summed E-state index contributed by atoms with van der Waals surface area (Å²) in [7, 11) is 0. The van der Waals surface area contributed by atoms with Gasteiger partial charge in [0, 0.05) is 5.71 Å². The van der Waals surface area contributed by atoms with Crippen molar-refractivity contribution in [3.63, 3.8) is 0 Å². The summed E-state index contributed by atoms with van der Waals surface area (Å²) in [5.74, 6) is 0.527. The summed E-state index contributed by atoms with van der Waals surface area (Å²) < 4.78 is 0. The Morgan fingerprint density at radius 3 is 1.06 bits per heavy atom. The molecule has 0 bridgehead atoms. The quantitative estimate of drug-likeness (QED) is 0.156. The number of rotatable bonds is 1. The molecule has 0 aliphatic rings. The minimum Gasteiger partial charge on any atom is -0.318 e. The maximum Gasteiger partial charge on any atom is 0.373 e. The Kier molecular flexibility index (Phi) is 33.1. The number of hydrogen-bond acceptors (Lipinski definition) is 6. The van der Waals surface area contributed by atoms with Gasteiger partial charge in [-0.15, -0.1) is 6.58 Å². The third-order valence-corrected chi connectivity index (χ3v) is 1.48. The number of oxime groups is 1. The maximum absolute atomic E-state index is 11.0. The molecule has 210 valence electrons. The number of nitrogens with zero attached hydrogens (tertiary/aromatic N) is 2. The topological polar surface area (TPSA) is 85.2 Å². The summed E-state index contributed by atoms with van der Waals surface area (Å²) in [5, 5.41) is 3.56. The molecule has 0 radical (unpaired) electrons. The number of allylic oxidation sites excluding steroid dienone is 1. The molecule has 0 spiro atoms. The van der Waals surface area contributed by atoms with E-state index >= 15 is 0 Å². The minimum absolute atomic E-state index is 0.110. The number of hydrogen-bond donors (Lipinski definition) is 0. The molecule has 0 saturated heterocycles. The number of carbonyl (C=O) groups excluding carboxylic acids is 3. The predicted molar refractivity (Wildman–Crippen MR) is 154 cm³/mol. The molecule has 0 heterocycles. The minimum atomic E-state index is -0.473. The summed E-state index contributed by atoms with van der Waals surface area (Å²) in [4.78, 5) is 36.2. The molecule has 0 atom stereocenters. The van der Waals surface area contributed by atoms with E-state index in [9.17, 15) is 4.79 Å². The zero-order valence-corrected chi connectivity index (χ0v) is 26.8. The fourth-order valence-electron chi connectivity index (χ4n) is 0.940. The number of carbonyl (C=O) groups is 1. The third-order valence-electron chi connectivity index (χ3n) is 1.48. The Balaban J connectivity index is -0.0000000772. The van der Waals surface area contributed by atoms with Crippen molar-refractivity contribution >= 4 is 23.5 Å². The first-order valence-electron chi connectivity index (χ1n) is 12.0. The molecular formula is C29H60N2O4. The molecule has 35 heavy (non-hydrogen) atoms. The summed E-state index contributed by atoms with van der Waals surface area (Å²) >= 11 is 0. The maximum atomic E-state index is 11.0. The molecular weight excluding hydrogens is 440 g/mol. The van der Waals surface area contributed by atoms with Crippen LogP contribution in [0.3, 0.4) is 0 Å². The zero-order valence-electron chi connectivity index (χ0n) is 26.8. The lowest BCUT2D eigenvalue weighted by Gasteiger charge is -2.12. The molecule has 0 aromatic carbocycles. The van der Waals surface area contributed by atoms with E-state index in [2.05, 4.69) is 90.8 Å². The van der Waals surface area contributed by atoms with E-state index in [0.29, 0.717) is 5.41 Å². The van der Waals surface area contributed by atoms with Gasteiger partial charge in [-0.25, -0.2) is 4.79 Å². The second-order valence-electron chi connectivity index (χ2n) is 12.9. The predicted octanol–water partition coefficient (Wildman–Crippen LogP) is 8.95. The molecule has 6 nitrogen and oxygen atoms in total. The molecule has 0 saturated carbocycles. The lowest BCUT2D eigenvalue weighted by atomic mass is 9.98. The highest BCUT2D eigenvalue weighted by Gasteiger charge is 2.23. The smallest absolute Gasteiger partial charge is 0.318 e. The van der Waals surface area contributed by atoms with Gasteiger partial charge < -0.3 is 4.84 Å². The van der Waals surface area contributed by atoms with Gasteiger partial charge in [0.15, 0.2) is 0 Å². The molecule has 0 aromatic heterocycles. The summed E-state index contributed by atoms with van der Waals surface area (Å²) in [6, 6.07) is 0. The van der Waals surface area contributed by atoms with E-state index in [-0.39, 0.29) is 17.7 Å². The van der Waals surface area contributed by atoms with Crippen LogP contribution in [0.5, 0.6) is 0 Å². The van der Waals surface area contributed by atoms with Gasteiger partial charge >= 0.3 is 12.1 Å². The van der Waals surface area contributed by atoms with Crippen LogP contribution >= 0.6 is 0 Å². The second-order valence-corrected chi connectivity index (χ2v) is 12.9. The van der Waals surface area contributed by atoms with Crippen LogP contribution in [-0.2, 0) is 19.2 Å². The van der Waals surface area contributed by atoms with Crippen LogP contribution in [0.2, 0.25) is 0 Å². The van der Waals surface area contributed by atoms with Crippen LogP contribution in [0.4, 0.5) is 0 Å². The Bertz CT molecular complexity index is 598. The fourth-order valence-corrected chi connectivity index (χ4v) is 0.940. The lowest BCUT2D eigenvalue weighted by Crippen LogP contribution is -2.21. The number of aliphatic imine (C=N–C) groups is 1. The Morgan fingerprint density at radius 2 is 0.971 bits per heavy atom. The Hall–Kier alpha value is -2.07. The molecule has 6 heteroatoms. The van der Waals surface area contributed by atoms with Crippen LogP contribution in [0, 0.1) is 16.7 Å². The van der Waals surface area contributed by atoms with Crippen LogP contribution in [0.25, 0.3) is 0 Å².